The summed E-state index contributed by atoms with van der Waals surface area (Å²) in [6.07, 6.45) is 0. The van der Waals surface area contributed by atoms with Crippen molar-refractivity contribution in [2.24, 2.45) is 0 Å². The van der Waals surface area contributed by atoms with Gasteiger partial charge in [-0.25, -0.2) is 9.97 Å². The molecule has 8 aromatic rings. The molecule has 3 nitrogen and oxygen atoms in total. The first kappa shape index (κ1) is 25.6. The molecule has 0 saturated heterocycles. The molecule has 0 radical (unpaired) electrons. The molecule has 0 aliphatic rings. The highest BCUT2D eigenvalue weighted by Crippen LogP contribution is 2.46. The third kappa shape index (κ3) is 4.29. The molecule has 1 heterocycles. The summed E-state index contributed by atoms with van der Waals surface area (Å²) in [4.78, 5) is 10.3. The molecule has 0 atom stereocenters. The van der Waals surface area contributed by atoms with Crippen molar-refractivity contribution in [3.05, 3.63) is 157 Å². The van der Waals surface area contributed by atoms with Crippen LogP contribution in [0, 0.1) is 11.3 Å². The van der Waals surface area contributed by atoms with E-state index in [9.17, 15) is 5.26 Å². The lowest BCUT2D eigenvalue weighted by Crippen LogP contribution is -1.98. The van der Waals surface area contributed by atoms with Gasteiger partial charge in [-0.05, 0) is 56.3 Å². The van der Waals surface area contributed by atoms with Crippen LogP contribution in [0.2, 0.25) is 0 Å². The van der Waals surface area contributed by atoms with Crippen LogP contribution in [0.15, 0.2) is 152 Å². The van der Waals surface area contributed by atoms with Gasteiger partial charge in [-0.15, -0.1) is 0 Å². The van der Waals surface area contributed by atoms with E-state index in [1.165, 1.54) is 38.1 Å². The second kappa shape index (κ2) is 10.6. The predicted octanol–water partition coefficient (Wildman–Crippen LogP) is 10.5. The molecule has 7 aromatic carbocycles. The van der Waals surface area contributed by atoms with E-state index < -0.39 is 0 Å². The fraction of sp³-hybridized carbons (Fsp3) is 0. The lowest BCUT2D eigenvalue weighted by Gasteiger charge is -2.19. The van der Waals surface area contributed by atoms with Crippen molar-refractivity contribution in [1.29, 1.82) is 5.26 Å². The first-order valence-electron chi connectivity index (χ1n) is 14.7. The van der Waals surface area contributed by atoms with Gasteiger partial charge >= 0.3 is 0 Å². The summed E-state index contributed by atoms with van der Waals surface area (Å²) < 4.78 is 0. The van der Waals surface area contributed by atoms with Gasteiger partial charge in [0.05, 0.1) is 23.0 Å². The van der Waals surface area contributed by atoms with Gasteiger partial charge in [0.25, 0.3) is 0 Å². The molecule has 0 aliphatic carbocycles. The van der Waals surface area contributed by atoms with E-state index in [0.29, 0.717) is 11.4 Å². The maximum atomic E-state index is 9.40. The summed E-state index contributed by atoms with van der Waals surface area (Å²) in [5.41, 5.74) is 7.65. The molecular weight excluding hydrogens is 534 g/mol. The molecule has 0 aliphatic heterocycles. The summed E-state index contributed by atoms with van der Waals surface area (Å²) in [6, 6.07) is 54.4. The Labute approximate surface area is 255 Å². The molecule has 0 spiro atoms. The highest BCUT2D eigenvalue weighted by Gasteiger charge is 2.21. The highest BCUT2D eigenvalue weighted by atomic mass is 14.9. The first-order chi connectivity index (χ1) is 21.8. The van der Waals surface area contributed by atoms with Gasteiger partial charge in [0.1, 0.15) is 0 Å². The predicted molar refractivity (Wildman–Crippen MR) is 181 cm³/mol. The van der Waals surface area contributed by atoms with E-state index in [-0.39, 0.29) is 0 Å². The SMILES string of the molecule is N#Cc1ccc(-c2cc(-c3c4ccccc4c(-c4ccccc4)c4ccc5ccccc5c34)nc(-c3ccccc3)n2)cc1. The summed E-state index contributed by atoms with van der Waals surface area (Å²) in [7, 11) is 0. The Morgan fingerprint density at radius 2 is 1.02 bits per heavy atom. The lowest BCUT2D eigenvalue weighted by atomic mass is 9.85. The van der Waals surface area contributed by atoms with Gasteiger partial charge in [-0.1, -0.05) is 133 Å². The summed E-state index contributed by atoms with van der Waals surface area (Å²) >= 11 is 0. The molecule has 44 heavy (non-hydrogen) atoms. The topological polar surface area (TPSA) is 49.6 Å². The number of benzene rings is 7. The molecule has 204 valence electrons. The Kier molecular flexibility index (Phi) is 6.18. The zero-order chi connectivity index (χ0) is 29.5. The minimum Gasteiger partial charge on any atom is -0.228 e. The van der Waals surface area contributed by atoms with Crippen molar-refractivity contribution in [3.8, 4) is 51.1 Å². The fourth-order valence-corrected chi connectivity index (χ4v) is 6.29. The minimum absolute atomic E-state index is 0.617. The van der Waals surface area contributed by atoms with E-state index in [1.807, 2.05) is 54.6 Å². The Balaban J connectivity index is 1.54. The van der Waals surface area contributed by atoms with Gasteiger partial charge in [0, 0.05) is 22.1 Å². The van der Waals surface area contributed by atoms with Crippen molar-refractivity contribution >= 4 is 32.3 Å². The van der Waals surface area contributed by atoms with E-state index in [1.54, 1.807) is 0 Å². The largest absolute Gasteiger partial charge is 0.228 e. The van der Waals surface area contributed by atoms with Crippen LogP contribution in [0.4, 0.5) is 0 Å². The lowest BCUT2D eigenvalue weighted by molar-refractivity contribution is 1.19. The van der Waals surface area contributed by atoms with Crippen LogP contribution in [0.1, 0.15) is 5.56 Å². The quantitative estimate of drug-likeness (QED) is 0.159. The second-order valence-electron chi connectivity index (χ2n) is 10.9. The molecule has 0 amide bonds. The Morgan fingerprint density at radius 1 is 0.432 bits per heavy atom. The molecule has 0 N–H and O–H groups in total. The molecule has 0 saturated carbocycles. The van der Waals surface area contributed by atoms with Gasteiger partial charge in [-0.3, -0.25) is 0 Å². The monoisotopic (exact) mass is 559 g/mol. The number of aromatic nitrogens is 2. The average molecular weight is 560 g/mol. The molecular formula is C41H25N3. The number of nitrogens with zero attached hydrogens (tertiary/aromatic N) is 3. The van der Waals surface area contributed by atoms with Gasteiger partial charge in [0.2, 0.25) is 0 Å². The maximum absolute atomic E-state index is 9.40. The van der Waals surface area contributed by atoms with Crippen LogP contribution in [-0.4, -0.2) is 9.97 Å². The Hall–Kier alpha value is -6.11. The highest BCUT2D eigenvalue weighted by molar-refractivity contribution is 6.27. The van der Waals surface area contributed by atoms with Crippen molar-refractivity contribution in [3.63, 3.8) is 0 Å². The van der Waals surface area contributed by atoms with Crippen molar-refractivity contribution in [2.45, 2.75) is 0 Å². The zero-order valence-electron chi connectivity index (χ0n) is 23.8. The molecule has 0 bridgehead atoms. The number of nitriles is 1. The number of fused-ring (bicyclic) bond motifs is 4. The van der Waals surface area contributed by atoms with Crippen molar-refractivity contribution < 1.29 is 0 Å². The molecule has 8 rings (SSSR count). The second-order valence-corrected chi connectivity index (χ2v) is 10.9. The molecule has 3 heteroatoms. The van der Waals surface area contributed by atoms with Gasteiger partial charge in [-0.2, -0.15) is 5.26 Å². The third-order valence-corrected chi connectivity index (χ3v) is 8.30. The Bertz CT molecular complexity index is 2370. The number of hydrogen-bond acceptors (Lipinski definition) is 3. The molecule has 0 fully saturated rings. The van der Waals surface area contributed by atoms with Crippen molar-refractivity contribution in [1.82, 2.24) is 9.97 Å². The minimum atomic E-state index is 0.617. The van der Waals surface area contributed by atoms with E-state index in [0.717, 1.165) is 33.5 Å². The standard InChI is InChI=1S/C41H25N3/c42-26-27-19-21-29(22-20-27)36-25-37(44-41(43-36)31-14-5-2-6-15-31)40-34-18-10-9-17-33(34)38(30-12-3-1-4-13-30)35-24-23-28-11-7-8-16-32(28)39(35)40/h1-25H. The summed E-state index contributed by atoms with van der Waals surface area (Å²) in [5.74, 6) is 0.659. The maximum Gasteiger partial charge on any atom is 0.160 e. The van der Waals surface area contributed by atoms with Crippen LogP contribution in [0.25, 0.3) is 77.3 Å². The van der Waals surface area contributed by atoms with E-state index >= 15 is 0 Å². The number of rotatable bonds is 4. The first-order valence-corrected chi connectivity index (χ1v) is 14.7. The van der Waals surface area contributed by atoms with Gasteiger partial charge in [0.15, 0.2) is 5.82 Å². The van der Waals surface area contributed by atoms with Crippen LogP contribution in [-0.2, 0) is 0 Å². The molecule has 0 unspecified atom stereocenters. The Morgan fingerprint density at radius 3 is 1.73 bits per heavy atom. The van der Waals surface area contributed by atoms with Crippen LogP contribution in [0.5, 0.6) is 0 Å². The summed E-state index contributed by atoms with van der Waals surface area (Å²) in [5, 5.41) is 16.4. The van der Waals surface area contributed by atoms with Crippen LogP contribution >= 0.6 is 0 Å². The molecule has 1 aromatic heterocycles. The zero-order valence-corrected chi connectivity index (χ0v) is 23.8. The van der Waals surface area contributed by atoms with E-state index in [2.05, 4.69) is 103 Å². The average Bonchev–Trinajstić information content (AvgIpc) is 3.11. The smallest absolute Gasteiger partial charge is 0.160 e. The van der Waals surface area contributed by atoms with E-state index in [4.69, 9.17) is 9.97 Å². The summed E-state index contributed by atoms with van der Waals surface area (Å²) in [6.45, 7) is 0. The van der Waals surface area contributed by atoms with Crippen LogP contribution in [0.3, 0.4) is 0 Å². The number of hydrogen-bond donors (Lipinski definition) is 0. The van der Waals surface area contributed by atoms with Gasteiger partial charge < -0.3 is 0 Å². The van der Waals surface area contributed by atoms with Crippen LogP contribution < -0.4 is 0 Å². The van der Waals surface area contributed by atoms with Crippen molar-refractivity contribution in [2.75, 3.05) is 0 Å². The fourth-order valence-electron chi connectivity index (χ4n) is 6.29. The third-order valence-electron chi connectivity index (χ3n) is 8.30. The normalized spacial score (nSPS) is 11.2.